The topological polar surface area (TPSA) is 81.8 Å². The van der Waals surface area contributed by atoms with Crippen molar-refractivity contribution in [1.29, 1.82) is 0 Å². The Hall–Kier alpha value is -1.19. The average Bonchev–Trinajstić information content (AvgIpc) is 2.05. The molecule has 0 atom stereocenters. The van der Waals surface area contributed by atoms with Crippen molar-refractivity contribution in [1.82, 2.24) is 0 Å². The summed E-state index contributed by atoms with van der Waals surface area (Å²) in [5, 5.41) is 0. The van der Waals surface area contributed by atoms with Crippen LogP contribution in [0.25, 0.3) is 0 Å². The number of carbonyl (C=O) groups is 1. The first kappa shape index (κ1) is 11.8. The molecule has 0 aromatic carbocycles. The molecule has 5 heteroatoms. The summed E-state index contributed by atoms with van der Waals surface area (Å²) in [6.07, 6.45) is 1.85. The highest BCUT2D eigenvalue weighted by atomic mass is 16.5. The van der Waals surface area contributed by atoms with Crippen molar-refractivity contribution in [3.63, 3.8) is 0 Å². The first-order valence-corrected chi connectivity index (χ1v) is 3.95. The number of ether oxygens (including phenoxy) is 1. The van der Waals surface area contributed by atoms with Crippen molar-refractivity contribution in [2.75, 3.05) is 13.3 Å². The van der Waals surface area contributed by atoms with Crippen LogP contribution < -0.4 is 5.73 Å². The Labute approximate surface area is 77.0 Å². The Kier molecular flexibility index (Phi) is 4.96. The van der Waals surface area contributed by atoms with Crippen LogP contribution >= 0.6 is 0 Å². The van der Waals surface area contributed by atoms with Crippen LogP contribution in [0.4, 0.5) is 0 Å². The van der Waals surface area contributed by atoms with Gasteiger partial charge < -0.3 is 4.74 Å². The third kappa shape index (κ3) is 4.40. The Morgan fingerprint density at radius 1 is 1.62 bits per heavy atom. The number of nitrogens with two attached hydrogens (primary N) is 1. The third-order valence-electron chi connectivity index (χ3n) is 1.68. The van der Waals surface area contributed by atoms with E-state index in [-0.39, 0.29) is 19.2 Å². The van der Waals surface area contributed by atoms with E-state index in [9.17, 15) is 9.59 Å². The molecule has 0 saturated carbocycles. The van der Waals surface area contributed by atoms with Gasteiger partial charge in [0.1, 0.15) is 6.73 Å². The number of nitrogens with zero attached hydrogens (tertiary/aromatic N) is 1. The van der Waals surface area contributed by atoms with Gasteiger partial charge in [0.25, 0.3) is 0 Å². The van der Waals surface area contributed by atoms with Crippen LogP contribution in [0.1, 0.15) is 20.3 Å². The van der Waals surface area contributed by atoms with Crippen LogP contribution in [0.15, 0.2) is 4.99 Å². The fraction of sp³-hybridized carbons (Fsp3) is 0.750. The lowest BCUT2D eigenvalue weighted by Crippen LogP contribution is -2.29. The summed E-state index contributed by atoms with van der Waals surface area (Å²) >= 11 is 0. The monoisotopic (exact) mass is 186 g/mol. The number of esters is 1. The van der Waals surface area contributed by atoms with Gasteiger partial charge in [-0.15, -0.1) is 0 Å². The summed E-state index contributed by atoms with van der Waals surface area (Å²) in [5.74, 6) is -0.379. The molecule has 0 aliphatic rings. The third-order valence-corrected chi connectivity index (χ3v) is 1.68. The molecule has 0 aliphatic carbocycles. The summed E-state index contributed by atoms with van der Waals surface area (Å²) in [5.41, 5.74) is 4.40. The van der Waals surface area contributed by atoms with E-state index >= 15 is 0 Å². The van der Waals surface area contributed by atoms with Gasteiger partial charge in [0.2, 0.25) is 6.08 Å². The lowest BCUT2D eigenvalue weighted by Gasteiger charge is -2.20. The Bertz CT molecular complexity index is 219. The van der Waals surface area contributed by atoms with E-state index in [4.69, 9.17) is 5.73 Å². The summed E-state index contributed by atoms with van der Waals surface area (Å²) in [6, 6.07) is 0. The second-order valence-electron chi connectivity index (χ2n) is 3.21. The molecule has 0 rings (SSSR count). The van der Waals surface area contributed by atoms with Crippen LogP contribution in [0.5, 0.6) is 0 Å². The Balaban J connectivity index is 4.04. The average molecular weight is 186 g/mol. The van der Waals surface area contributed by atoms with E-state index in [0.29, 0.717) is 6.42 Å². The second-order valence-corrected chi connectivity index (χ2v) is 3.21. The van der Waals surface area contributed by atoms with Crippen molar-refractivity contribution >= 4 is 12.0 Å². The highest BCUT2D eigenvalue weighted by molar-refractivity contribution is 5.75. The lowest BCUT2D eigenvalue weighted by molar-refractivity contribution is -0.153. The molecule has 0 spiro atoms. The summed E-state index contributed by atoms with van der Waals surface area (Å²) < 4.78 is 4.64. The van der Waals surface area contributed by atoms with Crippen molar-refractivity contribution < 1.29 is 14.3 Å². The van der Waals surface area contributed by atoms with Gasteiger partial charge >= 0.3 is 5.97 Å². The zero-order valence-corrected chi connectivity index (χ0v) is 7.87. The molecule has 0 bridgehead atoms. The Morgan fingerprint density at radius 2 is 2.23 bits per heavy atom. The van der Waals surface area contributed by atoms with Gasteiger partial charge in [-0.3, -0.25) is 10.5 Å². The molecule has 13 heavy (non-hydrogen) atoms. The van der Waals surface area contributed by atoms with Crippen molar-refractivity contribution in [3.05, 3.63) is 0 Å². The lowest BCUT2D eigenvalue weighted by atomic mass is 9.90. The highest BCUT2D eigenvalue weighted by Crippen LogP contribution is 2.21. The van der Waals surface area contributed by atoms with Gasteiger partial charge in [-0.05, 0) is 20.3 Å². The molecule has 2 N–H and O–H groups in total. The minimum absolute atomic E-state index is 0.126. The SMILES string of the molecule is CC(C)(CCN=C=O)C(=O)OCN. The maximum absolute atomic E-state index is 11.2. The molecule has 0 aliphatic heterocycles. The molecular weight excluding hydrogens is 172 g/mol. The van der Waals surface area contributed by atoms with Crippen molar-refractivity contribution in [2.24, 2.45) is 16.1 Å². The summed E-state index contributed by atoms with van der Waals surface area (Å²) in [4.78, 5) is 24.3. The molecule has 0 unspecified atom stereocenters. The molecular formula is C8H14N2O3. The van der Waals surface area contributed by atoms with Gasteiger partial charge in [0.15, 0.2) is 0 Å². The zero-order chi connectivity index (χ0) is 10.3. The predicted octanol–water partition coefficient (Wildman–Crippen LogP) is 0.198. The molecule has 0 heterocycles. The first-order valence-electron chi connectivity index (χ1n) is 3.95. The minimum Gasteiger partial charge on any atom is -0.450 e. The number of isocyanates is 1. The normalized spacial score (nSPS) is 10.4. The number of hydrogen-bond donors (Lipinski definition) is 1. The van der Waals surface area contributed by atoms with E-state index in [1.54, 1.807) is 13.8 Å². The van der Waals surface area contributed by atoms with E-state index in [1.807, 2.05) is 0 Å². The van der Waals surface area contributed by atoms with Crippen LogP contribution in [0, 0.1) is 5.41 Å². The number of hydrogen-bond acceptors (Lipinski definition) is 5. The smallest absolute Gasteiger partial charge is 0.312 e. The maximum atomic E-state index is 11.2. The van der Waals surface area contributed by atoms with Gasteiger partial charge in [-0.25, -0.2) is 9.79 Å². The Morgan fingerprint density at radius 3 is 2.69 bits per heavy atom. The fourth-order valence-electron chi connectivity index (χ4n) is 0.754. The van der Waals surface area contributed by atoms with Crippen molar-refractivity contribution in [3.8, 4) is 0 Å². The van der Waals surface area contributed by atoms with Crippen molar-refractivity contribution in [2.45, 2.75) is 20.3 Å². The largest absolute Gasteiger partial charge is 0.450 e. The van der Waals surface area contributed by atoms with E-state index in [2.05, 4.69) is 9.73 Å². The predicted molar refractivity (Wildman–Crippen MR) is 46.5 cm³/mol. The van der Waals surface area contributed by atoms with E-state index < -0.39 is 5.41 Å². The summed E-state index contributed by atoms with van der Waals surface area (Å²) in [6.45, 7) is 3.58. The van der Waals surface area contributed by atoms with E-state index in [0.717, 1.165) is 0 Å². The van der Waals surface area contributed by atoms with Gasteiger partial charge in [-0.2, -0.15) is 0 Å². The molecule has 0 saturated heterocycles. The number of rotatable bonds is 5. The maximum Gasteiger partial charge on any atom is 0.312 e. The first-order chi connectivity index (χ1) is 6.04. The van der Waals surface area contributed by atoms with Gasteiger partial charge in [0.05, 0.1) is 12.0 Å². The fourth-order valence-corrected chi connectivity index (χ4v) is 0.754. The van der Waals surface area contributed by atoms with Crippen LogP contribution in [0.3, 0.4) is 0 Å². The molecule has 0 radical (unpaired) electrons. The molecule has 0 fully saturated rings. The molecule has 0 aromatic rings. The number of carbonyl (C=O) groups excluding carboxylic acids is 2. The minimum atomic E-state index is -0.653. The molecule has 5 nitrogen and oxygen atoms in total. The van der Waals surface area contributed by atoms with Gasteiger partial charge in [-0.1, -0.05) is 0 Å². The van der Waals surface area contributed by atoms with Gasteiger partial charge in [0, 0.05) is 0 Å². The summed E-state index contributed by atoms with van der Waals surface area (Å²) in [7, 11) is 0. The van der Waals surface area contributed by atoms with Crippen LogP contribution in [0.2, 0.25) is 0 Å². The molecule has 0 amide bonds. The van der Waals surface area contributed by atoms with Crippen LogP contribution in [-0.4, -0.2) is 25.3 Å². The molecule has 74 valence electrons. The van der Waals surface area contributed by atoms with Crippen LogP contribution in [-0.2, 0) is 14.3 Å². The quantitative estimate of drug-likeness (QED) is 0.288. The molecule has 0 aromatic heterocycles. The standard InChI is InChI=1S/C8H14N2O3/c1-8(2,3-4-10-6-11)7(12)13-5-9/h3-5,9H2,1-2H3. The highest BCUT2D eigenvalue weighted by Gasteiger charge is 2.28. The number of aliphatic imine (C=N–C) groups is 1. The zero-order valence-electron chi connectivity index (χ0n) is 7.87. The van der Waals surface area contributed by atoms with E-state index in [1.165, 1.54) is 6.08 Å². The second kappa shape index (κ2) is 5.45.